The molecule has 0 heterocycles. The zero-order valence-electron chi connectivity index (χ0n) is 9.96. The molecule has 0 aliphatic carbocycles. The lowest BCUT2D eigenvalue weighted by atomic mass is 10.1. The predicted molar refractivity (Wildman–Crippen MR) is 61.4 cm³/mol. The average Bonchev–Trinajstić information content (AvgIpc) is 2.15. The van der Waals surface area contributed by atoms with Crippen LogP contribution in [-0.4, -0.2) is 44.8 Å². The fraction of sp³-hybridized carbons (Fsp3) is 1.00. The second kappa shape index (κ2) is 9.44. The SMILES string of the molecule is CCCC(C)CN(CCN)CCOC. The van der Waals surface area contributed by atoms with Gasteiger partial charge in [-0.2, -0.15) is 0 Å². The van der Waals surface area contributed by atoms with Crippen molar-refractivity contribution in [1.29, 1.82) is 0 Å². The van der Waals surface area contributed by atoms with Crippen molar-refractivity contribution in [2.24, 2.45) is 11.7 Å². The monoisotopic (exact) mass is 202 g/mol. The van der Waals surface area contributed by atoms with E-state index in [1.54, 1.807) is 7.11 Å². The highest BCUT2D eigenvalue weighted by Gasteiger charge is 2.08. The van der Waals surface area contributed by atoms with Crippen LogP contribution in [0.15, 0.2) is 0 Å². The van der Waals surface area contributed by atoms with Crippen LogP contribution >= 0.6 is 0 Å². The van der Waals surface area contributed by atoms with Crippen LogP contribution in [0.4, 0.5) is 0 Å². The summed E-state index contributed by atoms with van der Waals surface area (Å²) in [5.41, 5.74) is 5.57. The highest BCUT2D eigenvalue weighted by atomic mass is 16.5. The minimum atomic E-state index is 0.739. The Balaban J connectivity index is 3.69. The Labute approximate surface area is 88.6 Å². The first kappa shape index (κ1) is 13.9. The van der Waals surface area contributed by atoms with Crippen LogP contribution in [0.5, 0.6) is 0 Å². The minimum Gasteiger partial charge on any atom is -0.383 e. The molecule has 0 amide bonds. The summed E-state index contributed by atoms with van der Waals surface area (Å²) >= 11 is 0. The lowest BCUT2D eigenvalue weighted by molar-refractivity contribution is 0.139. The van der Waals surface area contributed by atoms with E-state index in [1.165, 1.54) is 12.8 Å². The predicted octanol–water partition coefficient (Wildman–Crippen LogP) is 1.33. The van der Waals surface area contributed by atoms with Gasteiger partial charge in [-0.25, -0.2) is 0 Å². The molecule has 1 unspecified atom stereocenters. The third kappa shape index (κ3) is 7.30. The number of nitrogens with zero attached hydrogens (tertiary/aromatic N) is 1. The lowest BCUT2D eigenvalue weighted by Crippen LogP contribution is -2.35. The molecule has 0 radical (unpaired) electrons. The molecule has 3 heteroatoms. The molecule has 0 saturated carbocycles. The van der Waals surface area contributed by atoms with Crippen LogP contribution in [0, 0.1) is 5.92 Å². The summed E-state index contributed by atoms with van der Waals surface area (Å²) in [5.74, 6) is 0.767. The first-order valence-electron chi connectivity index (χ1n) is 5.65. The second-order valence-corrected chi connectivity index (χ2v) is 3.98. The largest absolute Gasteiger partial charge is 0.383 e. The van der Waals surface area contributed by atoms with Crippen LogP contribution in [0.3, 0.4) is 0 Å². The Kier molecular flexibility index (Phi) is 9.35. The van der Waals surface area contributed by atoms with Crippen molar-refractivity contribution in [2.45, 2.75) is 26.7 Å². The number of ether oxygens (including phenoxy) is 1. The molecule has 0 aliphatic heterocycles. The number of hydrogen-bond acceptors (Lipinski definition) is 3. The van der Waals surface area contributed by atoms with Gasteiger partial charge in [-0.1, -0.05) is 20.3 Å². The van der Waals surface area contributed by atoms with Gasteiger partial charge in [0.1, 0.15) is 0 Å². The van der Waals surface area contributed by atoms with E-state index < -0.39 is 0 Å². The average molecular weight is 202 g/mol. The van der Waals surface area contributed by atoms with Crippen molar-refractivity contribution >= 4 is 0 Å². The number of nitrogens with two attached hydrogens (primary N) is 1. The molecule has 86 valence electrons. The van der Waals surface area contributed by atoms with Gasteiger partial charge in [0.25, 0.3) is 0 Å². The van der Waals surface area contributed by atoms with E-state index >= 15 is 0 Å². The summed E-state index contributed by atoms with van der Waals surface area (Å²) in [7, 11) is 1.75. The molecule has 0 fully saturated rings. The molecule has 1 atom stereocenters. The lowest BCUT2D eigenvalue weighted by Gasteiger charge is -2.24. The van der Waals surface area contributed by atoms with Gasteiger partial charge in [-0.3, -0.25) is 4.90 Å². The summed E-state index contributed by atoms with van der Waals surface area (Å²) < 4.78 is 5.08. The zero-order chi connectivity index (χ0) is 10.8. The molecule has 0 spiro atoms. The molecular formula is C11H26N2O. The van der Waals surface area contributed by atoms with E-state index in [1.807, 2.05) is 0 Å². The van der Waals surface area contributed by atoms with Crippen LogP contribution < -0.4 is 5.73 Å². The van der Waals surface area contributed by atoms with Crippen molar-refractivity contribution in [2.75, 3.05) is 39.9 Å². The van der Waals surface area contributed by atoms with Crippen LogP contribution in [-0.2, 0) is 4.74 Å². The second-order valence-electron chi connectivity index (χ2n) is 3.98. The molecular weight excluding hydrogens is 176 g/mol. The van der Waals surface area contributed by atoms with Gasteiger partial charge in [0.05, 0.1) is 6.61 Å². The zero-order valence-corrected chi connectivity index (χ0v) is 9.96. The normalized spacial score (nSPS) is 13.5. The molecule has 0 saturated heterocycles. The molecule has 0 aliphatic rings. The van der Waals surface area contributed by atoms with E-state index in [-0.39, 0.29) is 0 Å². The third-order valence-corrected chi connectivity index (χ3v) is 2.41. The Morgan fingerprint density at radius 3 is 2.57 bits per heavy atom. The Morgan fingerprint density at radius 2 is 2.07 bits per heavy atom. The van der Waals surface area contributed by atoms with E-state index in [9.17, 15) is 0 Å². The number of hydrogen-bond donors (Lipinski definition) is 1. The van der Waals surface area contributed by atoms with Gasteiger partial charge >= 0.3 is 0 Å². The van der Waals surface area contributed by atoms with Gasteiger partial charge in [0.15, 0.2) is 0 Å². The fourth-order valence-corrected chi connectivity index (χ4v) is 1.72. The van der Waals surface area contributed by atoms with Crippen LogP contribution in [0.25, 0.3) is 0 Å². The summed E-state index contributed by atoms with van der Waals surface area (Å²) in [4.78, 5) is 2.39. The molecule has 0 rings (SSSR count). The molecule has 0 aromatic carbocycles. The van der Waals surface area contributed by atoms with Crippen molar-refractivity contribution in [1.82, 2.24) is 4.90 Å². The van der Waals surface area contributed by atoms with E-state index in [2.05, 4.69) is 18.7 Å². The first-order valence-corrected chi connectivity index (χ1v) is 5.65. The van der Waals surface area contributed by atoms with Gasteiger partial charge in [-0.15, -0.1) is 0 Å². The summed E-state index contributed by atoms with van der Waals surface area (Å²) in [6.07, 6.45) is 2.57. The number of rotatable bonds is 9. The fourth-order valence-electron chi connectivity index (χ4n) is 1.72. The molecule has 3 nitrogen and oxygen atoms in total. The smallest absolute Gasteiger partial charge is 0.0589 e. The van der Waals surface area contributed by atoms with Gasteiger partial charge in [0, 0.05) is 33.3 Å². The van der Waals surface area contributed by atoms with Gasteiger partial charge in [0.2, 0.25) is 0 Å². The highest BCUT2D eigenvalue weighted by Crippen LogP contribution is 2.06. The molecule has 14 heavy (non-hydrogen) atoms. The van der Waals surface area contributed by atoms with E-state index in [0.717, 1.165) is 38.7 Å². The van der Waals surface area contributed by atoms with Crippen LogP contribution in [0.1, 0.15) is 26.7 Å². The molecule has 2 N–H and O–H groups in total. The Morgan fingerprint density at radius 1 is 1.36 bits per heavy atom. The van der Waals surface area contributed by atoms with Gasteiger partial charge in [-0.05, 0) is 12.3 Å². The summed E-state index contributed by atoms with van der Waals surface area (Å²) in [5, 5.41) is 0. The maximum absolute atomic E-state index is 5.57. The topological polar surface area (TPSA) is 38.5 Å². The summed E-state index contributed by atoms with van der Waals surface area (Å²) in [6.45, 7) is 9.22. The highest BCUT2D eigenvalue weighted by molar-refractivity contribution is 4.63. The third-order valence-electron chi connectivity index (χ3n) is 2.41. The number of methoxy groups -OCH3 is 1. The minimum absolute atomic E-state index is 0.739. The van der Waals surface area contributed by atoms with Gasteiger partial charge < -0.3 is 10.5 Å². The maximum Gasteiger partial charge on any atom is 0.0589 e. The molecule has 0 aromatic rings. The first-order chi connectivity index (χ1) is 6.74. The van der Waals surface area contributed by atoms with Crippen molar-refractivity contribution in [3.63, 3.8) is 0 Å². The van der Waals surface area contributed by atoms with E-state index in [0.29, 0.717) is 0 Å². The van der Waals surface area contributed by atoms with E-state index in [4.69, 9.17) is 10.5 Å². The summed E-state index contributed by atoms with van der Waals surface area (Å²) in [6, 6.07) is 0. The van der Waals surface area contributed by atoms with Crippen molar-refractivity contribution in [3.8, 4) is 0 Å². The molecule has 0 aromatic heterocycles. The van der Waals surface area contributed by atoms with Crippen molar-refractivity contribution < 1.29 is 4.74 Å². The maximum atomic E-state index is 5.57. The van der Waals surface area contributed by atoms with Crippen molar-refractivity contribution in [3.05, 3.63) is 0 Å². The quantitative estimate of drug-likeness (QED) is 0.613. The van der Waals surface area contributed by atoms with Crippen LogP contribution in [0.2, 0.25) is 0 Å². The molecule has 0 bridgehead atoms. The Hall–Kier alpha value is -0.120. The standard InChI is InChI=1S/C11H26N2O/c1-4-5-11(2)10-13(7-6-12)8-9-14-3/h11H,4-10,12H2,1-3H3. The Bertz CT molecular complexity index is 120.